The number of fused-ring (bicyclic) bond motifs is 2. The molecule has 3 aromatic rings. The molecule has 0 aromatic heterocycles. The van der Waals surface area contributed by atoms with Crippen LogP contribution in [0.3, 0.4) is 0 Å². The molecule has 0 saturated heterocycles. The molecule has 13 heteroatoms. The summed E-state index contributed by atoms with van der Waals surface area (Å²) >= 11 is 0. The smallest absolute Gasteiger partial charge is 0.269 e. The largest absolute Gasteiger partial charge is 0.489 e. The van der Waals surface area contributed by atoms with Crippen molar-refractivity contribution in [3.63, 3.8) is 0 Å². The van der Waals surface area contributed by atoms with Gasteiger partial charge < -0.3 is 34.2 Å². The van der Waals surface area contributed by atoms with Gasteiger partial charge in [-0.2, -0.15) is 0 Å². The van der Waals surface area contributed by atoms with E-state index in [0.717, 1.165) is 36.8 Å². The number of aliphatic hydroxyl groups excluding tert-OH is 2. The topological polar surface area (TPSA) is 153 Å². The number of aliphatic hydroxyl groups is 2. The first-order valence-corrected chi connectivity index (χ1v) is 22.2. The van der Waals surface area contributed by atoms with Crippen LogP contribution >= 0.6 is 0 Å². The number of carbonyl (C=O) groups is 1. The quantitative estimate of drug-likeness (QED) is 0.0350. The first-order valence-electron chi connectivity index (χ1n) is 22.2. The molecule has 1 saturated carbocycles. The Bertz CT molecular complexity index is 2150. The number of oxime groups is 1. The lowest BCUT2D eigenvalue weighted by atomic mass is 9.55. The van der Waals surface area contributed by atoms with Gasteiger partial charge in [0.25, 0.3) is 5.69 Å². The molecule has 0 bridgehead atoms. The molecule has 1 fully saturated rings. The number of nitro benzene ring substituents is 1. The molecule has 3 aliphatic rings. The van der Waals surface area contributed by atoms with E-state index in [9.17, 15) is 29.5 Å². The summed E-state index contributed by atoms with van der Waals surface area (Å²) in [5, 5.41) is 36.1. The monoisotopic (exact) mass is 867 g/mol. The van der Waals surface area contributed by atoms with Crippen molar-refractivity contribution in [2.24, 2.45) is 22.9 Å². The van der Waals surface area contributed by atoms with Crippen LogP contribution in [-0.2, 0) is 21.0 Å². The highest BCUT2D eigenvalue weighted by molar-refractivity contribution is 6.03. The predicted molar refractivity (Wildman–Crippen MR) is 241 cm³/mol. The molecule has 6 rings (SSSR count). The number of allylic oxidation sites excluding steroid dienone is 1. The molecule has 1 heterocycles. The van der Waals surface area contributed by atoms with Crippen LogP contribution in [-0.4, -0.2) is 75.5 Å². The molecular formula is C50H62FN3O9. The van der Waals surface area contributed by atoms with Crippen molar-refractivity contribution < 1.29 is 43.4 Å². The molecule has 338 valence electrons. The molecule has 63 heavy (non-hydrogen) atoms. The van der Waals surface area contributed by atoms with Gasteiger partial charge >= 0.3 is 0 Å². The summed E-state index contributed by atoms with van der Waals surface area (Å²) < 4.78 is 35.4. The molecule has 2 N–H and O–H groups in total. The Hall–Kier alpha value is -5.37. The summed E-state index contributed by atoms with van der Waals surface area (Å²) in [6.45, 7) is 12.4. The number of hydrogen-bond donors (Lipinski definition) is 2. The second kappa shape index (κ2) is 21.3. The molecular weight excluding hydrogens is 806 g/mol. The van der Waals surface area contributed by atoms with Crippen LogP contribution in [0.15, 0.2) is 102 Å². The molecule has 0 radical (unpaired) electrons. The van der Waals surface area contributed by atoms with Gasteiger partial charge in [0.1, 0.15) is 35.6 Å². The van der Waals surface area contributed by atoms with E-state index in [-0.39, 0.29) is 68.0 Å². The summed E-state index contributed by atoms with van der Waals surface area (Å²) in [5.41, 5.74) is 2.84. The average molecular weight is 868 g/mol. The Balaban J connectivity index is 1.55. The number of nitrogens with zero attached hydrogens (tertiary/aromatic N) is 3. The zero-order valence-corrected chi connectivity index (χ0v) is 36.9. The van der Waals surface area contributed by atoms with Crippen LogP contribution < -0.4 is 9.47 Å². The summed E-state index contributed by atoms with van der Waals surface area (Å²) in [5.74, 6) is -1.76. The Morgan fingerprint density at radius 3 is 2.46 bits per heavy atom. The number of unbranched alkanes of at least 4 members (excludes halogenated alkanes) is 2. The standard InChI is InChI=1S/C50H62FN3O9/c1-6-26-53(46(57)25-20-34-18-21-37(22-19-34)54(58)59)45-32-43(52-63-49(3,4)5)40-30-35(14-10-12-27-55)39(16-11-13-28-56)47-41-31-38(60-33-36-15-8-9-17-42(36)51)23-24-44(41)62-50(45,48(40)47)61-29-7-2/h7-9,15,17-25,30-31,35,39,45,47-48,55-56H,2,6,10-14,16,26-29,32-33H2,1,3-5H3/t35-,39+,45-,47+,48+,50+/m0/s1. The van der Waals surface area contributed by atoms with Crippen LogP contribution in [0.5, 0.6) is 11.5 Å². The Morgan fingerprint density at radius 2 is 1.79 bits per heavy atom. The summed E-state index contributed by atoms with van der Waals surface area (Å²) in [7, 11) is 0. The van der Waals surface area contributed by atoms with E-state index >= 15 is 0 Å². The third kappa shape index (κ3) is 11.1. The fourth-order valence-corrected chi connectivity index (χ4v) is 9.34. The van der Waals surface area contributed by atoms with E-state index in [4.69, 9.17) is 24.2 Å². The number of non-ortho nitro benzene ring substituents is 1. The fourth-order valence-electron chi connectivity index (χ4n) is 9.34. The first kappa shape index (κ1) is 47.1. The number of benzene rings is 3. The van der Waals surface area contributed by atoms with Gasteiger partial charge in [0.15, 0.2) is 0 Å². The van der Waals surface area contributed by atoms with Gasteiger partial charge in [-0.05, 0) is 118 Å². The minimum atomic E-state index is -1.45. The van der Waals surface area contributed by atoms with E-state index in [0.29, 0.717) is 54.1 Å². The molecule has 2 aliphatic carbocycles. The van der Waals surface area contributed by atoms with Crippen molar-refractivity contribution >= 4 is 23.4 Å². The number of carbonyl (C=O) groups excluding carboxylic acids is 1. The maximum Gasteiger partial charge on any atom is 0.269 e. The lowest BCUT2D eigenvalue weighted by molar-refractivity contribution is -0.384. The van der Waals surface area contributed by atoms with Crippen molar-refractivity contribution in [2.75, 3.05) is 26.4 Å². The SMILES string of the molecule is C=CCO[C@@]12Oc3ccc(OCc4ccccc4F)cc3[C@H]3[C@H](CCCCO)[C@@H](CCCCO)C=C(C(=NOC(C)(C)C)C[C@@H]1N(CCC)C(=O)C=Cc1ccc([N+](=O)[O-])cc1)[C@H]32. The third-order valence-corrected chi connectivity index (χ3v) is 12.1. The van der Waals surface area contributed by atoms with Crippen LogP contribution in [0.1, 0.15) is 102 Å². The van der Waals surface area contributed by atoms with Crippen LogP contribution in [0, 0.1) is 33.7 Å². The van der Waals surface area contributed by atoms with E-state index in [1.165, 1.54) is 24.3 Å². The van der Waals surface area contributed by atoms with Crippen LogP contribution in [0.2, 0.25) is 0 Å². The minimum absolute atomic E-state index is 0.000982. The van der Waals surface area contributed by atoms with E-state index < -0.39 is 28.3 Å². The maximum atomic E-state index is 14.8. The summed E-state index contributed by atoms with van der Waals surface area (Å²) in [4.78, 5) is 33.6. The summed E-state index contributed by atoms with van der Waals surface area (Å²) in [6.07, 6.45) is 12.3. The number of nitro groups is 1. The second-order valence-corrected chi connectivity index (χ2v) is 17.6. The second-order valence-electron chi connectivity index (χ2n) is 17.6. The van der Waals surface area contributed by atoms with Crippen molar-refractivity contribution in [2.45, 2.75) is 109 Å². The predicted octanol–water partition coefficient (Wildman–Crippen LogP) is 9.70. The van der Waals surface area contributed by atoms with Gasteiger partial charge in [-0.3, -0.25) is 14.9 Å². The highest BCUT2D eigenvalue weighted by Gasteiger charge is 2.65. The van der Waals surface area contributed by atoms with Crippen molar-refractivity contribution in [3.05, 3.63) is 130 Å². The van der Waals surface area contributed by atoms with Gasteiger partial charge in [0.05, 0.1) is 23.2 Å². The van der Waals surface area contributed by atoms with E-state index in [2.05, 4.69) is 12.7 Å². The van der Waals surface area contributed by atoms with Crippen LogP contribution in [0.4, 0.5) is 10.1 Å². The third-order valence-electron chi connectivity index (χ3n) is 12.1. The molecule has 1 amide bonds. The normalized spacial score (nSPS) is 23.3. The van der Waals surface area contributed by atoms with Gasteiger partial charge in [-0.1, -0.05) is 55.3 Å². The zero-order chi connectivity index (χ0) is 45.1. The number of ether oxygens (including phenoxy) is 3. The van der Waals surface area contributed by atoms with Gasteiger partial charge in [-0.25, -0.2) is 4.39 Å². The average Bonchev–Trinajstić information content (AvgIpc) is 3.26. The highest BCUT2D eigenvalue weighted by atomic mass is 19.1. The molecule has 12 nitrogen and oxygen atoms in total. The molecule has 0 spiro atoms. The van der Waals surface area contributed by atoms with Gasteiger partial charge in [-0.15, -0.1) is 6.58 Å². The van der Waals surface area contributed by atoms with E-state index in [1.807, 2.05) is 45.9 Å². The number of amides is 1. The van der Waals surface area contributed by atoms with Gasteiger partial charge in [0.2, 0.25) is 11.7 Å². The zero-order valence-electron chi connectivity index (χ0n) is 36.9. The molecule has 0 unspecified atom stereocenters. The maximum absolute atomic E-state index is 14.8. The van der Waals surface area contributed by atoms with Crippen molar-refractivity contribution in [3.8, 4) is 11.5 Å². The highest BCUT2D eigenvalue weighted by Crippen LogP contribution is 2.62. The fraction of sp³-hybridized carbons (Fsp3) is 0.480. The molecule has 6 atom stereocenters. The van der Waals surface area contributed by atoms with Gasteiger partial charge in [0, 0.05) is 61.4 Å². The first-order chi connectivity index (χ1) is 30.3. The Morgan fingerprint density at radius 1 is 1.06 bits per heavy atom. The minimum Gasteiger partial charge on any atom is -0.489 e. The molecule has 1 aliphatic heterocycles. The lowest BCUT2D eigenvalue weighted by Gasteiger charge is -2.60. The number of halogens is 1. The van der Waals surface area contributed by atoms with Crippen molar-refractivity contribution in [1.29, 1.82) is 0 Å². The Labute approximate surface area is 370 Å². The van der Waals surface area contributed by atoms with Crippen molar-refractivity contribution in [1.82, 2.24) is 4.90 Å². The number of rotatable bonds is 21. The Kier molecular flexibility index (Phi) is 16.0. The number of hydrogen-bond acceptors (Lipinski definition) is 10. The van der Waals surface area contributed by atoms with E-state index in [1.54, 1.807) is 47.4 Å². The summed E-state index contributed by atoms with van der Waals surface area (Å²) in [6, 6.07) is 17.5. The lowest BCUT2D eigenvalue weighted by Crippen LogP contribution is -2.70. The molecule has 3 aromatic carbocycles. The van der Waals surface area contributed by atoms with Crippen LogP contribution in [0.25, 0.3) is 6.08 Å².